The van der Waals surface area contributed by atoms with Gasteiger partial charge >= 0.3 is 5.97 Å². The first kappa shape index (κ1) is 17.9. The summed E-state index contributed by atoms with van der Waals surface area (Å²) in [4.78, 5) is 16.8. The van der Waals surface area contributed by atoms with Crippen molar-refractivity contribution in [2.45, 2.75) is 12.8 Å². The topological polar surface area (TPSA) is 117 Å². The molecule has 2 N–H and O–H groups in total. The van der Waals surface area contributed by atoms with E-state index in [0.29, 0.717) is 28.0 Å². The number of nitrogens with two attached hydrogens (primary N) is 1. The molecule has 1 atom stereocenters. The molecule has 4 rings (SSSR count). The van der Waals surface area contributed by atoms with Gasteiger partial charge in [-0.05, 0) is 19.1 Å². The molecule has 8 nitrogen and oxygen atoms in total. The Kier molecular flexibility index (Phi) is 4.24. The number of hydrogen-bond donors (Lipinski definition) is 1. The van der Waals surface area contributed by atoms with Crippen molar-refractivity contribution >= 4 is 28.5 Å². The number of esters is 1. The number of carbonyl (C=O) groups is 1. The van der Waals surface area contributed by atoms with Crippen LogP contribution in [0.15, 0.2) is 41.0 Å². The van der Waals surface area contributed by atoms with Crippen molar-refractivity contribution in [2.75, 3.05) is 13.9 Å². The van der Waals surface area contributed by atoms with Crippen molar-refractivity contribution in [3.63, 3.8) is 0 Å². The zero-order valence-corrected chi connectivity index (χ0v) is 15.7. The minimum absolute atomic E-state index is 0.0507. The van der Waals surface area contributed by atoms with Crippen LogP contribution in [0.1, 0.15) is 18.4 Å². The van der Waals surface area contributed by atoms with Crippen molar-refractivity contribution in [1.82, 2.24) is 4.98 Å². The summed E-state index contributed by atoms with van der Waals surface area (Å²) in [5.74, 6) is -0.243. The zero-order chi connectivity index (χ0) is 20.0. The van der Waals surface area contributed by atoms with Gasteiger partial charge in [0.15, 0.2) is 11.5 Å². The predicted octanol–water partition coefficient (Wildman–Crippen LogP) is 2.87. The van der Waals surface area contributed by atoms with E-state index in [4.69, 9.17) is 36.3 Å². The smallest absolute Gasteiger partial charge is 0.338 e. The van der Waals surface area contributed by atoms with E-state index in [1.807, 2.05) is 6.07 Å². The first-order valence-corrected chi connectivity index (χ1v) is 8.58. The van der Waals surface area contributed by atoms with Gasteiger partial charge in [-0.2, -0.15) is 5.26 Å². The molecule has 1 aromatic carbocycles. The molecular weight excluding hydrogens is 386 g/mol. The van der Waals surface area contributed by atoms with E-state index in [-0.39, 0.29) is 34.7 Å². The zero-order valence-electron chi connectivity index (χ0n) is 14.9. The van der Waals surface area contributed by atoms with Gasteiger partial charge < -0.3 is 24.7 Å². The van der Waals surface area contributed by atoms with E-state index in [9.17, 15) is 10.1 Å². The molecule has 0 unspecified atom stereocenters. The van der Waals surface area contributed by atoms with Crippen LogP contribution >= 0.6 is 11.6 Å². The van der Waals surface area contributed by atoms with E-state index in [2.05, 4.69) is 4.98 Å². The molecule has 0 saturated carbocycles. The second-order valence-electron chi connectivity index (χ2n) is 6.15. The lowest BCUT2D eigenvalue weighted by Crippen LogP contribution is -2.25. The third kappa shape index (κ3) is 2.68. The summed E-state index contributed by atoms with van der Waals surface area (Å²) < 4.78 is 21.0. The quantitative estimate of drug-likeness (QED) is 0.605. The fraction of sp³-hybridized carbons (Fsp3) is 0.211. The Bertz CT molecular complexity index is 1130. The molecule has 28 heavy (non-hydrogen) atoms. The number of allylic oxidation sites excluding steroid dienone is 2. The molecule has 0 fully saturated rings. The molecule has 0 aliphatic carbocycles. The van der Waals surface area contributed by atoms with Gasteiger partial charge in [0.05, 0.1) is 24.1 Å². The van der Waals surface area contributed by atoms with E-state index in [0.717, 1.165) is 0 Å². The van der Waals surface area contributed by atoms with E-state index < -0.39 is 11.9 Å². The molecule has 142 valence electrons. The Balaban J connectivity index is 1.96. The lowest BCUT2D eigenvalue weighted by molar-refractivity contribution is -0.136. The Labute approximate surface area is 164 Å². The van der Waals surface area contributed by atoms with E-state index in [1.165, 1.54) is 7.11 Å². The van der Waals surface area contributed by atoms with Crippen LogP contribution in [0.2, 0.25) is 5.15 Å². The SMILES string of the molecule is COC(=O)C1=C(C)OC(N)=C(C#N)[C@H]1c1cc2cc3c(cc2nc1Cl)OCO3. The van der Waals surface area contributed by atoms with Crippen molar-refractivity contribution in [3.05, 3.63) is 51.7 Å². The number of halogens is 1. The summed E-state index contributed by atoms with van der Waals surface area (Å²) in [7, 11) is 1.24. The van der Waals surface area contributed by atoms with Gasteiger partial charge in [-0.15, -0.1) is 0 Å². The van der Waals surface area contributed by atoms with Gasteiger partial charge in [-0.1, -0.05) is 11.6 Å². The number of nitrogens with zero attached hydrogens (tertiary/aromatic N) is 2. The summed E-state index contributed by atoms with van der Waals surface area (Å²) in [5, 5.41) is 10.5. The number of ether oxygens (including phenoxy) is 4. The second kappa shape index (κ2) is 6.62. The van der Waals surface area contributed by atoms with Crippen molar-refractivity contribution in [2.24, 2.45) is 5.73 Å². The van der Waals surface area contributed by atoms with Gasteiger partial charge in [0.25, 0.3) is 0 Å². The number of carbonyl (C=O) groups excluding carboxylic acids is 1. The van der Waals surface area contributed by atoms with Crippen molar-refractivity contribution in [1.29, 1.82) is 5.26 Å². The lowest BCUT2D eigenvalue weighted by Gasteiger charge is -2.27. The molecular formula is C19H14ClN3O5. The van der Waals surface area contributed by atoms with E-state index in [1.54, 1.807) is 25.1 Å². The monoisotopic (exact) mass is 399 g/mol. The highest BCUT2D eigenvalue weighted by Crippen LogP contribution is 2.44. The molecule has 3 heterocycles. The third-order valence-electron chi connectivity index (χ3n) is 4.61. The van der Waals surface area contributed by atoms with Crippen LogP contribution in [0, 0.1) is 11.3 Å². The summed E-state index contributed by atoms with van der Waals surface area (Å²) >= 11 is 6.45. The number of rotatable bonds is 2. The van der Waals surface area contributed by atoms with Crippen LogP contribution in [-0.2, 0) is 14.3 Å². The van der Waals surface area contributed by atoms with Gasteiger partial charge in [0.1, 0.15) is 22.6 Å². The minimum Gasteiger partial charge on any atom is -0.466 e. The van der Waals surface area contributed by atoms with Crippen LogP contribution in [0.5, 0.6) is 11.5 Å². The van der Waals surface area contributed by atoms with Crippen LogP contribution in [-0.4, -0.2) is 24.9 Å². The Morgan fingerprint density at radius 3 is 2.75 bits per heavy atom. The molecule has 0 bridgehead atoms. The fourth-order valence-corrected chi connectivity index (χ4v) is 3.58. The average Bonchev–Trinajstić information content (AvgIpc) is 3.12. The maximum absolute atomic E-state index is 12.4. The summed E-state index contributed by atoms with van der Waals surface area (Å²) in [6, 6.07) is 7.22. The highest BCUT2D eigenvalue weighted by atomic mass is 35.5. The molecule has 0 radical (unpaired) electrons. The molecule has 0 amide bonds. The van der Waals surface area contributed by atoms with Gasteiger partial charge in [0.2, 0.25) is 12.7 Å². The summed E-state index contributed by atoms with van der Waals surface area (Å²) in [6.07, 6.45) is 0. The summed E-state index contributed by atoms with van der Waals surface area (Å²) in [5.41, 5.74) is 7.09. The second-order valence-corrected chi connectivity index (χ2v) is 6.51. The van der Waals surface area contributed by atoms with Crippen LogP contribution < -0.4 is 15.2 Å². The van der Waals surface area contributed by atoms with Crippen LogP contribution in [0.4, 0.5) is 0 Å². The number of fused-ring (bicyclic) bond motifs is 2. The third-order valence-corrected chi connectivity index (χ3v) is 4.91. The van der Waals surface area contributed by atoms with Crippen molar-refractivity contribution < 1.29 is 23.7 Å². The minimum atomic E-state index is -0.874. The largest absolute Gasteiger partial charge is 0.466 e. The highest BCUT2D eigenvalue weighted by molar-refractivity contribution is 6.30. The Hall–Kier alpha value is -3.44. The molecule has 0 spiro atoms. The first-order valence-electron chi connectivity index (χ1n) is 8.21. The number of pyridine rings is 1. The lowest BCUT2D eigenvalue weighted by atomic mass is 9.83. The number of hydrogen-bond acceptors (Lipinski definition) is 8. The van der Waals surface area contributed by atoms with Gasteiger partial charge in [-0.3, -0.25) is 0 Å². The number of benzene rings is 1. The number of methoxy groups -OCH3 is 1. The highest BCUT2D eigenvalue weighted by Gasteiger charge is 2.37. The maximum atomic E-state index is 12.4. The predicted molar refractivity (Wildman–Crippen MR) is 98.2 cm³/mol. The number of aromatic nitrogens is 1. The first-order chi connectivity index (χ1) is 13.4. The average molecular weight is 400 g/mol. The molecule has 2 aromatic rings. The fourth-order valence-electron chi connectivity index (χ4n) is 3.33. The summed E-state index contributed by atoms with van der Waals surface area (Å²) in [6.45, 7) is 1.69. The van der Waals surface area contributed by atoms with Gasteiger partial charge in [0, 0.05) is 17.0 Å². The van der Waals surface area contributed by atoms with Gasteiger partial charge in [-0.25, -0.2) is 9.78 Å². The van der Waals surface area contributed by atoms with Crippen LogP contribution in [0.25, 0.3) is 10.9 Å². The van der Waals surface area contributed by atoms with Crippen LogP contribution in [0.3, 0.4) is 0 Å². The van der Waals surface area contributed by atoms with E-state index >= 15 is 0 Å². The molecule has 1 aromatic heterocycles. The standard InChI is InChI=1S/C19H14ClN3O5/c1-8-15(19(24)25-2)16(11(6-21)18(22)28-8)10-3-9-4-13-14(27-7-26-13)5-12(9)23-17(10)20/h3-5,16H,7,22H2,1-2H3/t16-/m1/s1. The molecule has 2 aliphatic heterocycles. The molecule has 9 heteroatoms. The Morgan fingerprint density at radius 2 is 2.07 bits per heavy atom. The molecule has 0 saturated heterocycles. The molecule has 2 aliphatic rings. The maximum Gasteiger partial charge on any atom is 0.338 e. The van der Waals surface area contributed by atoms with Crippen molar-refractivity contribution in [3.8, 4) is 17.6 Å². The normalized spacial score (nSPS) is 18.1. The Morgan fingerprint density at radius 1 is 1.36 bits per heavy atom. The number of nitriles is 1.